The number of nitrogens with two attached hydrogens (primary N) is 2. The smallest absolute Gasteiger partial charge is 0.368 e. The fraction of sp³-hybridized carbons (Fsp3) is 0.533. The third-order valence-corrected chi connectivity index (χ3v) is 4.46. The molecule has 0 spiro atoms. The van der Waals surface area contributed by atoms with Gasteiger partial charge < -0.3 is 15.3 Å². The van der Waals surface area contributed by atoms with Gasteiger partial charge in [-0.1, -0.05) is 0 Å². The van der Waals surface area contributed by atoms with Gasteiger partial charge >= 0.3 is 5.97 Å². The Kier molecular flexibility index (Phi) is 3.75. The molecule has 1 aliphatic rings. The molecule has 0 aliphatic carbocycles. The molecule has 2 rings (SSSR count). The molecule has 1 atom stereocenters. The Labute approximate surface area is 119 Å². The molecule has 0 unspecified atom stereocenters. The van der Waals surface area contributed by atoms with Crippen LogP contribution in [-0.2, 0) is 22.6 Å². The van der Waals surface area contributed by atoms with E-state index in [4.69, 9.17) is 16.4 Å². The van der Waals surface area contributed by atoms with E-state index in [-0.39, 0.29) is 0 Å². The Morgan fingerprint density at radius 3 is 2.50 bits per heavy atom. The van der Waals surface area contributed by atoms with Gasteiger partial charge in [0, 0.05) is 13.0 Å². The quantitative estimate of drug-likeness (QED) is 0.802. The van der Waals surface area contributed by atoms with Gasteiger partial charge in [-0.15, -0.1) is 0 Å². The molecule has 4 N–H and O–H groups in total. The standard InChI is InChI=1S/C15H22N2O3/c1-8-9(2)13-11(10(3)12(8)7-16)5-6-15(4,19-13)14(18)20-17/h5-7,16-17H2,1-4H3/t15-/m0/s1. The van der Waals surface area contributed by atoms with Crippen molar-refractivity contribution >= 4 is 5.97 Å². The Morgan fingerprint density at radius 1 is 1.30 bits per heavy atom. The summed E-state index contributed by atoms with van der Waals surface area (Å²) in [5.74, 6) is 5.24. The molecule has 0 radical (unpaired) electrons. The van der Waals surface area contributed by atoms with Crippen molar-refractivity contribution in [1.82, 2.24) is 0 Å². The van der Waals surface area contributed by atoms with Crippen LogP contribution in [0, 0.1) is 20.8 Å². The van der Waals surface area contributed by atoms with E-state index < -0.39 is 11.6 Å². The molecule has 0 fully saturated rings. The molecule has 110 valence electrons. The van der Waals surface area contributed by atoms with E-state index in [1.165, 1.54) is 0 Å². The van der Waals surface area contributed by atoms with E-state index in [1.807, 2.05) is 13.8 Å². The highest BCUT2D eigenvalue weighted by Crippen LogP contribution is 2.41. The molecule has 1 aromatic rings. The summed E-state index contributed by atoms with van der Waals surface area (Å²) in [5.41, 5.74) is 10.4. The van der Waals surface area contributed by atoms with Crippen molar-refractivity contribution in [2.75, 3.05) is 0 Å². The Bertz CT molecular complexity index is 569. The van der Waals surface area contributed by atoms with Crippen LogP contribution < -0.4 is 16.4 Å². The molecule has 0 saturated heterocycles. The van der Waals surface area contributed by atoms with Crippen LogP contribution in [-0.4, -0.2) is 11.6 Å². The maximum Gasteiger partial charge on any atom is 0.368 e. The predicted molar refractivity (Wildman–Crippen MR) is 76.2 cm³/mol. The number of carbonyl (C=O) groups is 1. The van der Waals surface area contributed by atoms with E-state index in [0.717, 1.165) is 40.0 Å². The number of rotatable bonds is 2. The fourth-order valence-electron chi connectivity index (χ4n) is 2.91. The minimum absolute atomic E-state index is 0.508. The number of ether oxygens (including phenoxy) is 1. The minimum atomic E-state index is -1.02. The first-order valence-electron chi connectivity index (χ1n) is 6.77. The van der Waals surface area contributed by atoms with Crippen LogP contribution in [0.4, 0.5) is 0 Å². The highest BCUT2D eigenvalue weighted by Gasteiger charge is 2.42. The first kappa shape index (κ1) is 14.8. The summed E-state index contributed by atoms with van der Waals surface area (Å²) in [6, 6.07) is 0. The van der Waals surface area contributed by atoms with Gasteiger partial charge in [0.15, 0.2) is 0 Å². The summed E-state index contributed by atoms with van der Waals surface area (Å²) < 4.78 is 5.97. The van der Waals surface area contributed by atoms with Gasteiger partial charge in [0.2, 0.25) is 5.60 Å². The zero-order valence-corrected chi connectivity index (χ0v) is 12.5. The lowest BCUT2D eigenvalue weighted by molar-refractivity contribution is -0.162. The second-order valence-electron chi connectivity index (χ2n) is 5.60. The van der Waals surface area contributed by atoms with E-state index in [2.05, 4.69) is 11.8 Å². The lowest BCUT2D eigenvalue weighted by Crippen LogP contribution is -2.46. The van der Waals surface area contributed by atoms with Gasteiger partial charge in [-0.25, -0.2) is 4.79 Å². The van der Waals surface area contributed by atoms with Crippen molar-refractivity contribution < 1.29 is 14.4 Å². The normalized spacial score (nSPS) is 21.1. The maximum atomic E-state index is 11.8. The number of carbonyl (C=O) groups excluding carboxylic acids is 1. The van der Waals surface area contributed by atoms with Crippen molar-refractivity contribution in [3.8, 4) is 5.75 Å². The van der Waals surface area contributed by atoms with Gasteiger partial charge in [-0.05, 0) is 61.9 Å². The molecule has 5 heteroatoms. The van der Waals surface area contributed by atoms with Crippen LogP contribution in [0.25, 0.3) is 0 Å². The molecule has 1 aromatic carbocycles. The Hall–Kier alpha value is -1.59. The van der Waals surface area contributed by atoms with Gasteiger partial charge in [0.05, 0.1) is 0 Å². The first-order chi connectivity index (χ1) is 9.35. The van der Waals surface area contributed by atoms with Gasteiger partial charge in [-0.3, -0.25) is 0 Å². The highest BCUT2D eigenvalue weighted by atomic mass is 16.7. The predicted octanol–water partition coefficient (Wildman–Crippen LogP) is 1.57. The first-order valence-corrected chi connectivity index (χ1v) is 6.77. The topological polar surface area (TPSA) is 87.6 Å². The van der Waals surface area contributed by atoms with Crippen LogP contribution in [0.5, 0.6) is 5.75 Å². The van der Waals surface area contributed by atoms with E-state index >= 15 is 0 Å². The van der Waals surface area contributed by atoms with Crippen molar-refractivity contribution in [3.05, 3.63) is 27.8 Å². The van der Waals surface area contributed by atoms with Crippen LogP contribution in [0.1, 0.15) is 41.2 Å². The van der Waals surface area contributed by atoms with E-state index in [9.17, 15) is 4.79 Å². The third kappa shape index (κ3) is 2.07. The highest BCUT2D eigenvalue weighted by molar-refractivity contribution is 5.80. The molecule has 0 saturated carbocycles. The molecule has 1 aliphatic heterocycles. The number of hydrogen-bond acceptors (Lipinski definition) is 5. The van der Waals surface area contributed by atoms with Crippen molar-refractivity contribution in [3.63, 3.8) is 0 Å². The lowest BCUT2D eigenvalue weighted by Gasteiger charge is -2.35. The molecule has 5 nitrogen and oxygen atoms in total. The van der Waals surface area contributed by atoms with Crippen molar-refractivity contribution in [2.24, 2.45) is 11.6 Å². The van der Waals surface area contributed by atoms with Crippen LogP contribution >= 0.6 is 0 Å². The zero-order valence-electron chi connectivity index (χ0n) is 12.5. The molecule has 1 heterocycles. The average Bonchev–Trinajstić information content (AvgIpc) is 2.44. The number of fused-ring (bicyclic) bond motifs is 1. The molecule has 20 heavy (non-hydrogen) atoms. The summed E-state index contributed by atoms with van der Waals surface area (Å²) >= 11 is 0. The second-order valence-corrected chi connectivity index (χ2v) is 5.60. The van der Waals surface area contributed by atoms with Crippen LogP contribution in [0.15, 0.2) is 0 Å². The number of benzene rings is 1. The molecule has 0 amide bonds. The van der Waals surface area contributed by atoms with Crippen molar-refractivity contribution in [1.29, 1.82) is 0 Å². The lowest BCUT2D eigenvalue weighted by atomic mass is 9.85. The Morgan fingerprint density at radius 2 is 1.95 bits per heavy atom. The summed E-state index contributed by atoms with van der Waals surface area (Å²) in [7, 11) is 0. The molecule has 0 aromatic heterocycles. The Balaban J connectivity index is 2.56. The van der Waals surface area contributed by atoms with Gasteiger partial charge in [0.25, 0.3) is 0 Å². The molecule has 0 bridgehead atoms. The summed E-state index contributed by atoms with van der Waals surface area (Å²) in [5, 5.41) is 0. The van der Waals surface area contributed by atoms with Gasteiger partial charge in [0.1, 0.15) is 5.75 Å². The van der Waals surface area contributed by atoms with Gasteiger partial charge in [-0.2, -0.15) is 5.90 Å². The summed E-state index contributed by atoms with van der Waals surface area (Å²) in [4.78, 5) is 16.2. The van der Waals surface area contributed by atoms with Crippen molar-refractivity contribution in [2.45, 2.75) is 52.7 Å². The summed E-state index contributed by atoms with van der Waals surface area (Å²) in [6.45, 7) is 8.30. The second kappa shape index (κ2) is 5.07. The SMILES string of the molecule is Cc1c(C)c2c(c(C)c1CN)CC[C@@](C)(C(=O)ON)O2. The molecular formula is C15H22N2O3. The largest absolute Gasteiger partial charge is 0.475 e. The van der Waals surface area contributed by atoms with E-state index in [0.29, 0.717) is 13.0 Å². The molecular weight excluding hydrogens is 256 g/mol. The number of hydrogen-bond donors (Lipinski definition) is 2. The van der Waals surface area contributed by atoms with Crippen LogP contribution in [0.2, 0.25) is 0 Å². The monoisotopic (exact) mass is 278 g/mol. The third-order valence-electron chi connectivity index (χ3n) is 4.46. The maximum absolute atomic E-state index is 11.8. The van der Waals surface area contributed by atoms with E-state index in [1.54, 1.807) is 6.92 Å². The summed E-state index contributed by atoms with van der Waals surface area (Å²) in [6.07, 6.45) is 1.30. The fourth-order valence-corrected chi connectivity index (χ4v) is 2.91. The average molecular weight is 278 g/mol. The minimum Gasteiger partial charge on any atom is -0.475 e. The zero-order chi connectivity index (χ0) is 15.1. The van der Waals surface area contributed by atoms with Crippen LogP contribution in [0.3, 0.4) is 0 Å².